The van der Waals surface area contributed by atoms with Crippen molar-refractivity contribution in [2.75, 3.05) is 5.73 Å². The number of nitrogen functional groups attached to an aromatic ring is 1. The molecule has 0 unspecified atom stereocenters. The van der Waals surface area contributed by atoms with Gasteiger partial charge in [0, 0.05) is 12.1 Å². The smallest absolute Gasteiger partial charge is 0.220 e. The second kappa shape index (κ2) is 5.21. The fourth-order valence-corrected chi connectivity index (χ4v) is 1.74. The molecule has 1 aromatic rings. The second-order valence-electron chi connectivity index (χ2n) is 5.39. The fourth-order valence-electron chi connectivity index (χ4n) is 1.74. The van der Waals surface area contributed by atoms with Crippen molar-refractivity contribution in [1.29, 1.82) is 0 Å². The lowest BCUT2D eigenvalue weighted by molar-refractivity contribution is -0.123. The Balaban J connectivity index is 2.74. The molecule has 0 spiro atoms. The summed E-state index contributed by atoms with van der Waals surface area (Å²) in [5.74, 6) is 0.457. The van der Waals surface area contributed by atoms with Crippen molar-refractivity contribution < 1.29 is 4.79 Å². The molecular formula is C14H22N2O. The first-order chi connectivity index (χ1) is 7.81. The molecule has 3 heteroatoms. The third-order valence-corrected chi connectivity index (χ3v) is 2.68. The number of rotatable bonds is 4. The standard InChI is InChI=1S/C14H22N2O/c1-10(2)9-13(17)16-14(3,4)11-5-7-12(15)8-6-11/h5-8,10H,9,15H2,1-4H3,(H,16,17). The number of carbonyl (C=O) groups is 1. The van der Waals surface area contributed by atoms with Crippen LogP contribution in [0.1, 0.15) is 39.7 Å². The van der Waals surface area contributed by atoms with Crippen molar-refractivity contribution >= 4 is 11.6 Å². The highest BCUT2D eigenvalue weighted by atomic mass is 16.1. The summed E-state index contributed by atoms with van der Waals surface area (Å²) < 4.78 is 0. The highest BCUT2D eigenvalue weighted by molar-refractivity contribution is 5.77. The third kappa shape index (κ3) is 4.10. The summed E-state index contributed by atoms with van der Waals surface area (Å²) in [6, 6.07) is 7.60. The Bertz CT molecular complexity index is 380. The van der Waals surface area contributed by atoms with Gasteiger partial charge in [0.25, 0.3) is 0 Å². The highest BCUT2D eigenvalue weighted by Gasteiger charge is 2.22. The summed E-state index contributed by atoms with van der Waals surface area (Å²) in [6.45, 7) is 8.07. The zero-order valence-corrected chi connectivity index (χ0v) is 11.1. The number of nitrogens with one attached hydrogen (secondary N) is 1. The maximum Gasteiger partial charge on any atom is 0.220 e. The summed E-state index contributed by atoms with van der Waals surface area (Å²) in [4.78, 5) is 11.8. The molecule has 94 valence electrons. The average Bonchev–Trinajstić information content (AvgIpc) is 2.15. The maximum atomic E-state index is 11.8. The molecule has 0 aliphatic rings. The van der Waals surface area contributed by atoms with Gasteiger partial charge in [-0.1, -0.05) is 26.0 Å². The minimum absolute atomic E-state index is 0.0850. The van der Waals surface area contributed by atoms with Crippen LogP contribution in [0.4, 0.5) is 5.69 Å². The number of benzene rings is 1. The summed E-state index contributed by atoms with van der Waals surface area (Å²) >= 11 is 0. The quantitative estimate of drug-likeness (QED) is 0.787. The molecule has 0 radical (unpaired) electrons. The Morgan fingerprint density at radius 2 is 1.82 bits per heavy atom. The number of amides is 1. The van der Waals surface area contributed by atoms with E-state index in [0.717, 1.165) is 11.3 Å². The molecule has 0 atom stereocenters. The zero-order chi connectivity index (χ0) is 13.1. The minimum Gasteiger partial charge on any atom is -0.399 e. The van der Waals surface area contributed by atoms with E-state index in [2.05, 4.69) is 5.32 Å². The molecule has 0 bridgehead atoms. The number of carbonyl (C=O) groups excluding carboxylic acids is 1. The van der Waals surface area contributed by atoms with Crippen LogP contribution >= 0.6 is 0 Å². The van der Waals surface area contributed by atoms with Gasteiger partial charge in [-0.15, -0.1) is 0 Å². The topological polar surface area (TPSA) is 55.1 Å². The maximum absolute atomic E-state index is 11.8. The first-order valence-corrected chi connectivity index (χ1v) is 5.98. The first kappa shape index (κ1) is 13.6. The number of nitrogens with two attached hydrogens (primary N) is 1. The minimum atomic E-state index is -0.361. The molecule has 0 aliphatic heterocycles. The van der Waals surface area contributed by atoms with Gasteiger partial charge in [-0.2, -0.15) is 0 Å². The van der Waals surface area contributed by atoms with Gasteiger partial charge < -0.3 is 11.1 Å². The van der Waals surface area contributed by atoms with E-state index in [9.17, 15) is 4.79 Å². The molecule has 1 aromatic carbocycles. The Labute approximate surface area is 103 Å². The van der Waals surface area contributed by atoms with Gasteiger partial charge in [0.05, 0.1) is 5.54 Å². The van der Waals surface area contributed by atoms with Gasteiger partial charge in [-0.25, -0.2) is 0 Å². The lowest BCUT2D eigenvalue weighted by Crippen LogP contribution is -2.41. The van der Waals surface area contributed by atoms with Crippen molar-refractivity contribution in [3.05, 3.63) is 29.8 Å². The van der Waals surface area contributed by atoms with Gasteiger partial charge in [0.2, 0.25) is 5.91 Å². The predicted molar refractivity (Wildman–Crippen MR) is 71.5 cm³/mol. The van der Waals surface area contributed by atoms with Crippen LogP contribution in [-0.4, -0.2) is 5.91 Å². The lowest BCUT2D eigenvalue weighted by Gasteiger charge is -2.27. The summed E-state index contributed by atoms with van der Waals surface area (Å²) in [7, 11) is 0. The summed E-state index contributed by atoms with van der Waals surface area (Å²) in [5, 5.41) is 3.04. The average molecular weight is 234 g/mol. The van der Waals surface area contributed by atoms with Crippen molar-refractivity contribution in [3.63, 3.8) is 0 Å². The summed E-state index contributed by atoms with van der Waals surface area (Å²) in [5.41, 5.74) is 7.08. The monoisotopic (exact) mass is 234 g/mol. The first-order valence-electron chi connectivity index (χ1n) is 5.98. The van der Waals surface area contributed by atoms with Gasteiger partial charge >= 0.3 is 0 Å². The van der Waals surface area contributed by atoms with Crippen LogP contribution in [0.3, 0.4) is 0 Å². The molecule has 1 rings (SSSR count). The second-order valence-corrected chi connectivity index (χ2v) is 5.39. The van der Waals surface area contributed by atoms with E-state index in [1.54, 1.807) is 0 Å². The Morgan fingerprint density at radius 1 is 1.29 bits per heavy atom. The van der Waals surface area contributed by atoms with E-state index >= 15 is 0 Å². The normalized spacial score (nSPS) is 11.6. The number of hydrogen-bond acceptors (Lipinski definition) is 2. The largest absolute Gasteiger partial charge is 0.399 e. The fraction of sp³-hybridized carbons (Fsp3) is 0.500. The molecule has 0 saturated carbocycles. The van der Waals surface area contributed by atoms with Crippen LogP contribution in [0.5, 0.6) is 0 Å². The van der Waals surface area contributed by atoms with Crippen LogP contribution in [0.25, 0.3) is 0 Å². The van der Waals surface area contributed by atoms with Gasteiger partial charge in [0.15, 0.2) is 0 Å². The van der Waals surface area contributed by atoms with Crippen molar-refractivity contribution in [3.8, 4) is 0 Å². The predicted octanol–water partition coefficient (Wildman–Crippen LogP) is 2.67. The molecular weight excluding hydrogens is 212 g/mol. The van der Waals surface area contributed by atoms with Crippen LogP contribution < -0.4 is 11.1 Å². The van der Waals surface area contributed by atoms with E-state index in [1.807, 2.05) is 52.0 Å². The molecule has 1 amide bonds. The molecule has 0 aromatic heterocycles. The third-order valence-electron chi connectivity index (χ3n) is 2.68. The van der Waals surface area contributed by atoms with Gasteiger partial charge in [-0.05, 0) is 37.5 Å². The number of anilines is 1. The Kier molecular flexibility index (Phi) is 4.16. The Morgan fingerprint density at radius 3 is 2.29 bits per heavy atom. The van der Waals surface area contributed by atoms with Crippen LogP contribution in [0.15, 0.2) is 24.3 Å². The van der Waals surface area contributed by atoms with E-state index in [1.165, 1.54) is 0 Å². The van der Waals surface area contributed by atoms with E-state index in [-0.39, 0.29) is 11.4 Å². The van der Waals surface area contributed by atoms with Gasteiger partial charge in [0.1, 0.15) is 0 Å². The molecule has 0 aliphatic carbocycles. The molecule has 17 heavy (non-hydrogen) atoms. The highest BCUT2D eigenvalue weighted by Crippen LogP contribution is 2.21. The molecule has 0 fully saturated rings. The van der Waals surface area contributed by atoms with E-state index in [4.69, 9.17) is 5.73 Å². The van der Waals surface area contributed by atoms with E-state index < -0.39 is 0 Å². The van der Waals surface area contributed by atoms with E-state index in [0.29, 0.717) is 12.3 Å². The Hall–Kier alpha value is -1.51. The van der Waals surface area contributed by atoms with Crippen molar-refractivity contribution in [2.24, 2.45) is 5.92 Å². The molecule has 0 heterocycles. The van der Waals surface area contributed by atoms with Crippen LogP contribution in [0.2, 0.25) is 0 Å². The summed E-state index contributed by atoms with van der Waals surface area (Å²) in [6.07, 6.45) is 0.554. The van der Waals surface area contributed by atoms with Crippen molar-refractivity contribution in [2.45, 2.75) is 39.7 Å². The molecule has 0 saturated heterocycles. The molecule has 3 nitrogen and oxygen atoms in total. The van der Waals surface area contributed by atoms with Crippen LogP contribution in [0, 0.1) is 5.92 Å². The zero-order valence-electron chi connectivity index (χ0n) is 11.1. The SMILES string of the molecule is CC(C)CC(=O)NC(C)(C)c1ccc(N)cc1. The van der Waals surface area contributed by atoms with Crippen LogP contribution in [-0.2, 0) is 10.3 Å². The lowest BCUT2D eigenvalue weighted by atomic mass is 9.93. The molecule has 3 N–H and O–H groups in total. The van der Waals surface area contributed by atoms with Crippen molar-refractivity contribution in [1.82, 2.24) is 5.32 Å². The number of hydrogen-bond donors (Lipinski definition) is 2. The van der Waals surface area contributed by atoms with Gasteiger partial charge in [-0.3, -0.25) is 4.79 Å².